The van der Waals surface area contributed by atoms with Gasteiger partial charge in [0.25, 0.3) is 5.91 Å². The van der Waals surface area contributed by atoms with Gasteiger partial charge in [-0.3, -0.25) is 4.79 Å². The van der Waals surface area contributed by atoms with E-state index in [0.717, 1.165) is 0 Å². The van der Waals surface area contributed by atoms with Gasteiger partial charge in [-0.25, -0.2) is 0 Å². The maximum Gasteiger partial charge on any atom is 0.393 e. The summed E-state index contributed by atoms with van der Waals surface area (Å²) in [6, 6.07) is 3.40. The molecule has 0 bridgehead atoms. The van der Waals surface area contributed by atoms with Crippen molar-refractivity contribution in [2.24, 2.45) is 5.92 Å². The van der Waals surface area contributed by atoms with Crippen LogP contribution in [0.15, 0.2) is 18.2 Å². The summed E-state index contributed by atoms with van der Waals surface area (Å²) in [6.07, 6.45) is -2.73. The van der Waals surface area contributed by atoms with E-state index >= 15 is 0 Å². The molecule has 1 saturated carbocycles. The van der Waals surface area contributed by atoms with Crippen LogP contribution in [0.2, 0.25) is 5.02 Å². The minimum Gasteiger partial charge on any atom is -0.398 e. The molecule has 3 nitrogen and oxygen atoms in total. The normalized spacial score (nSPS) is 22.9. The molecule has 2 rings (SSSR count). The number of amides is 1. The first-order chi connectivity index (χ1) is 9.79. The van der Waals surface area contributed by atoms with Gasteiger partial charge in [0.05, 0.1) is 11.5 Å². The predicted octanol–water partition coefficient (Wildman–Crippen LogP) is 3.77. The van der Waals surface area contributed by atoms with E-state index in [2.05, 4.69) is 5.32 Å². The highest BCUT2D eigenvalue weighted by Gasteiger charge is 2.46. The molecular weight excluding hydrogens is 305 g/mol. The molecular formula is C14H16ClF3N2O. The number of nitrogens with one attached hydrogen (secondary N) is 1. The maximum atomic E-state index is 13.0. The molecule has 0 spiro atoms. The maximum absolute atomic E-state index is 13.0. The lowest BCUT2D eigenvalue weighted by molar-refractivity contribution is -0.187. The van der Waals surface area contributed by atoms with Crippen LogP contribution in [0.3, 0.4) is 0 Å². The summed E-state index contributed by atoms with van der Waals surface area (Å²) in [6.45, 7) is 0. The van der Waals surface area contributed by atoms with E-state index in [4.69, 9.17) is 17.3 Å². The lowest BCUT2D eigenvalue weighted by Gasteiger charge is -2.33. The Bertz CT molecular complexity index is 533. The molecule has 1 fully saturated rings. The zero-order valence-electron chi connectivity index (χ0n) is 11.2. The summed E-state index contributed by atoms with van der Waals surface area (Å²) < 4.78 is 38.9. The number of hydrogen-bond donors (Lipinski definition) is 2. The van der Waals surface area contributed by atoms with Crippen LogP contribution < -0.4 is 11.1 Å². The van der Waals surface area contributed by atoms with Crippen LogP contribution in [0, 0.1) is 5.92 Å². The zero-order chi connectivity index (χ0) is 15.6. The summed E-state index contributed by atoms with van der Waals surface area (Å²) in [5, 5.41) is 2.84. The van der Waals surface area contributed by atoms with Crippen LogP contribution in [0.5, 0.6) is 0 Å². The molecule has 1 amide bonds. The first kappa shape index (κ1) is 15.9. The number of rotatable bonds is 2. The van der Waals surface area contributed by atoms with E-state index in [1.165, 1.54) is 18.2 Å². The summed E-state index contributed by atoms with van der Waals surface area (Å²) in [5.41, 5.74) is 5.98. The van der Waals surface area contributed by atoms with E-state index in [9.17, 15) is 18.0 Å². The number of alkyl halides is 3. The van der Waals surface area contributed by atoms with Crippen LogP contribution in [0.4, 0.5) is 18.9 Å². The smallest absolute Gasteiger partial charge is 0.393 e. The largest absolute Gasteiger partial charge is 0.398 e. The quantitative estimate of drug-likeness (QED) is 0.815. The fourth-order valence-corrected chi connectivity index (χ4v) is 2.86. The Kier molecular flexibility index (Phi) is 4.66. The van der Waals surface area contributed by atoms with E-state index in [1.807, 2.05) is 0 Å². The van der Waals surface area contributed by atoms with Crippen molar-refractivity contribution in [1.29, 1.82) is 0 Å². The standard InChI is InChI=1S/C14H16ClF3N2O/c15-8-5-6-9(11(19)7-8)13(21)20-12-4-2-1-3-10(12)14(16,17)18/h5-7,10,12H,1-4,19H2,(H,20,21). The number of benzene rings is 1. The van der Waals surface area contributed by atoms with Gasteiger partial charge >= 0.3 is 6.18 Å². The molecule has 21 heavy (non-hydrogen) atoms. The Morgan fingerprint density at radius 3 is 2.57 bits per heavy atom. The summed E-state index contributed by atoms with van der Waals surface area (Å²) in [4.78, 5) is 12.1. The molecule has 0 radical (unpaired) electrons. The lowest BCUT2D eigenvalue weighted by Crippen LogP contribution is -2.47. The number of nitrogens with two attached hydrogens (primary N) is 1. The first-order valence-corrected chi connectivity index (χ1v) is 7.09. The Morgan fingerprint density at radius 1 is 1.29 bits per heavy atom. The number of carbonyl (C=O) groups is 1. The van der Waals surface area contributed by atoms with Gasteiger partial charge in [0.2, 0.25) is 0 Å². The van der Waals surface area contributed by atoms with Crippen molar-refractivity contribution < 1.29 is 18.0 Å². The fraction of sp³-hybridized carbons (Fsp3) is 0.500. The molecule has 3 N–H and O–H groups in total. The highest BCUT2D eigenvalue weighted by atomic mass is 35.5. The summed E-state index contributed by atoms with van der Waals surface area (Å²) in [5.74, 6) is -2.09. The third-order valence-corrected chi connectivity index (χ3v) is 4.00. The van der Waals surface area contributed by atoms with Crippen molar-refractivity contribution in [3.05, 3.63) is 28.8 Å². The van der Waals surface area contributed by atoms with Crippen LogP contribution in [0.1, 0.15) is 36.0 Å². The summed E-state index contributed by atoms with van der Waals surface area (Å²) >= 11 is 5.74. The molecule has 0 heterocycles. The second-order valence-corrected chi connectivity index (χ2v) is 5.68. The molecule has 1 aromatic carbocycles. The van der Waals surface area contributed by atoms with Gasteiger partial charge in [0.1, 0.15) is 0 Å². The number of halogens is 4. The third kappa shape index (κ3) is 3.81. The number of anilines is 1. The van der Waals surface area contributed by atoms with Gasteiger partial charge < -0.3 is 11.1 Å². The molecule has 1 aliphatic rings. The minimum atomic E-state index is -4.30. The van der Waals surface area contributed by atoms with Crippen molar-refractivity contribution in [3.8, 4) is 0 Å². The first-order valence-electron chi connectivity index (χ1n) is 6.71. The Balaban J connectivity index is 2.13. The van der Waals surface area contributed by atoms with E-state index < -0.39 is 24.0 Å². The average Bonchev–Trinajstić information content (AvgIpc) is 2.37. The van der Waals surface area contributed by atoms with Crippen molar-refractivity contribution in [2.75, 3.05) is 5.73 Å². The van der Waals surface area contributed by atoms with Crippen molar-refractivity contribution in [2.45, 2.75) is 37.9 Å². The summed E-state index contributed by atoms with van der Waals surface area (Å²) in [7, 11) is 0. The van der Waals surface area contributed by atoms with Gasteiger partial charge in [0.15, 0.2) is 0 Å². The van der Waals surface area contributed by atoms with Gasteiger partial charge in [-0.2, -0.15) is 13.2 Å². The van der Waals surface area contributed by atoms with E-state index in [1.54, 1.807) is 0 Å². The Hall–Kier alpha value is -1.43. The van der Waals surface area contributed by atoms with Crippen LogP contribution in [-0.4, -0.2) is 18.1 Å². The SMILES string of the molecule is Nc1cc(Cl)ccc1C(=O)NC1CCCCC1C(F)(F)F. The predicted molar refractivity (Wildman–Crippen MR) is 75.1 cm³/mol. The number of carbonyl (C=O) groups excluding carboxylic acids is 1. The van der Waals surface area contributed by atoms with Gasteiger partial charge in [-0.05, 0) is 31.0 Å². The average molecular weight is 321 g/mol. The molecule has 0 aliphatic heterocycles. The number of hydrogen-bond acceptors (Lipinski definition) is 2. The van der Waals surface area contributed by atoms with Crippen molar-refractivity contribution in [3.63, 3.8) is 0 Å². The minimum absolute atomic E-state index is 0.0462. The second-order valence-electron chi connectivity index (χ2n) is 5.24. The third-order valence-electron chi connectivity index (χ3n) is 3.76. The molecule has 1 aromatic rings. The molecule has 7 heteroatoms. The van der Waals surface area contributed by atoms with Gasteiger partial charge in [0, 0.05) is 16.8 Å². The van der Waals surface area contributed by atoms with E-state index in [-0.39, 0.29) is 17.7 Å². The Labute approximate surface area is 125 Å². The van der Waals surface area contributed by atoms with Gasteiger partial charge in [-0.15, -0.1) is 0 Å². The topological polar surface area (TPSA) is 55.1 Å². The van der Waals surface area contributed by atoms with E-state index in [0.29, 0.717) is 24.3 Å². The monoisotopic (exact) mass is 320 g/mol. The molecule has 2 atom stereocenters. The zero-order valence-corrected chi connectivity index (χ0v) is 12.0. The molecule has 2 unspecified atom stereocenters. The molecule has 0 aromatic heterocycles. The molecule has 1 aliphatic carbocycles. The van der Waals surface area contributed by atoms with Crippen LogP contribution in [0.25, 0.3) is 0 Å². The van der Waals surface area contributed by atoms with Crippen LogP contribution >= 0.6 is 11.6 Å². The van der Waals surface area contributed by atoms with Gasteiger partial charge in [-0.1, -0.05) is 24.4 Å². The second kappa shape index (κ2) is 6.13. The highest BCUT2D eigenvalue weighted by Crippen LogP contribution is 2.37. The highest BCUT2D eigenvalue weighted by molar-refractivity contribution is 6.31. The van der Waals surface area contributed by atoms with Crippen molar-refractivity contribution in [1.82, 2.24) is 5.32 Å². The number of nitrogen functional groups attached to an aromatic ring is 1. The Morgan fingerprint density at radius 2 is 1.95 bits per heavy atom. The molecule has 0 saturated heterocycles. The fourth-order valence-electron chi connectivity index (χ4n) is 2.68. The molecule has 116 valence electrons. The lowest BCUT2D eigenvalue weighted by atomic mass is 9.84. The van der Waals surface area contributed by atoms with Crippen LogP contribution in [-0.2, 0) is 0 Å². The van der Waals surface area contributed by atoms with Crippen molar-refractivity contribution >= 4 is 23.2 Å².